The lowest BCUT2D eigenvalue weighted by molar-refractivity contribution is 0.215. The van der Waals surface area contributed by atoms with E-state index in [4.69, 9.17) is 0 Å². The van der Waals surface area contributed by atoms with Crippen molar-refractivity contribution in [2.75, 3.05) is 0 Å². The van der Waals surface area contributed by atoms with Crippen molar-refractivity contribution >= 4 is 0 Å². The van der Waals surface area contributed by atoms with Crippen LogP contribution in [0.5, 0.6) is 0 Å². The maximum Gasteiger partial charge on any atom is 0.121 e. The molecule has 1 aromatic heterocycles. The van der Waals surface area contributed by atoms with Crippen LogP contribution in [0.2, 0.25) is 0 Å². The van der Waals surface area contributed by atoms with Gasteiger partial charge in [0, 0.05) is 5.69 Å². The maximum absolute atomic E-state index is 10.3. The van der Waals surface area contributed by atoms with E-state index in [9.17, 15) is 5.11 Å². The number of pyridine rings is 1. The zero-order valence-corrected chi connectivity index (χ0v) is 10.9. The number of hydrogen-bond acceptors (Lipinski definition) is 2. The van der Waals surface area contributed by atoms with Gasteiger partial charge in [-0.3, -0.25) is 4.98 Å². The normalized spacial score (nSPS) is 12.4. The van der Waals surface area contributed by atoms with Crippen LogP contribution in [0.1, 0.15) is 42.0 Å². The third-order valence-corrected chi connectivity index (χ3v) is 3.00. The van der Waals surface area contributed by atoms with Crippen LogP contribution in [0.3, 0.4) is 0 Å². The Bertz CT molecular complexity index is 522. The quantitative estimate of drug-likeness (QED) is 0.889. The Morgan fingerprint density at radius 1 is 1.17 bits per heavy atom. The second-order valence-electron chi connectivity index (χ2n) is 4.60. The Labute approximate surface area is 108 Å². The lowest BCUT2D eigenvalue weighted by Gasteiger charge is -2.12. The molecular weight excluding hydrogens is 222 g/mol. The molecule has 1 atom stereocenters. The lowest BCUT2D eigenvalue weighted by atomic mass is 10.0. The molecular formula is C16H19NO. The van der Waals surface area contributed by atoms with Gasteiger partial charge in [0.25, 0.3) is 0 Å². The molecule has 0 saturated carbocycles. The Morgan fingerprint density at radius 2 is 1.94 bits per heavy atom. The molecule has 0 saturated heterocycles. The molecule has 2 nitrogen and oxygen atoms in total. The second-order valence-corrected chi connectivity index (χ2v) is 4.60. The molecule has 2 heteroatoms. The van der Waals surface area contributed by atoms with E-state index in [0.29, 0.717) is 5.69 Å². The summed E-state index contributed by atoms with van der Waals surface area (Å²) < 4.78 is 0. The Kier molecular flexibility index (Phi) is 4.11. The number of aliphatic hydroxyl groups excluding tert-OH is 1. The van der Waals surface area contributed by atoms with Crippen LogP contribution in [-0.2, 0) is 6.42 Å². The fourth-order valence-corrected chi connectivity index (χ4v) is 2.09. The predicted molar refractivity (Wildman–Crippen MR) is 73.5 cm³/mol. The smallest absolute Gasteiger partial charge is 0.121 e. The minimum atomic E-state index is -0.637. The van der Waals surface area contributed by atoms with Crippen LogP contribution in [0.15, 0.2) is 42.5 Å². The maximum atomic E-state index is 10.3. The van der Waals surface area contributed by atoms with Crippen molar-refractivity contribution in [1.82, 2.24) is 4.98 Å². The predicted octanol–water partition coefficient (Wildman–Crippen LogP) is 3.42. The van der Waals surface area contributed by atoms with E-state index in [2.05, 4.69) is 24.0 Å². The zero-order chi connectivity index (χ0) is 13.0. The summed E-state index contributed by atoms with van der Waals surface area (Å²) >= 11 is 0. The summed E-state index contributed by atoms with van der Waals surface area (Å²) in [7, 11) is 0. The molecule has 2 rings (SSSR count). The molecule has 0 radical (unpaired) electrons. The van der Waals surface area contributed by atoms with Gasteiger partial charge in [-0.25, -0.2) is 0 Å². The summed E-state index contributed by atoms with van der Waals surface area (Å²) in [5, 5.41) is 10.3. The van der Waals surface area contributed by atoms with Crippen LogP contribution in [-0.4, -0.2) is 10.1 Å². The molecule has 1 unspecified atom stereocenters. The average molecular weight is 241 g/mol. The summed E-state index contributed by atoms with van der Waals surface area (Å²) in [6.45, 7) is 4.09. The van der Waals surface area contributed by atoms with Crippen LogP contribution < -0.4 is 0 Å². The summed E-state index contributed by atoms with van der Waals surface area (Å²) in [6, 6.07) is 13.8. The molecule has 0 spiro atoms. The van der Waals surface area contributed by atoms with Gasteiger partial charge in [0.05, 0.1) is 5.69 Å². The number of aryl methyl sites for hydroxylation is 2. The van der Waals surface area contributed by atoms with Crippen molar-refractivity contribution in [2.24, 2.45) is 0 Å². The molecule has 2 aromatic rings. The standard InChI is InChI=1S/C16H19NO/c1-3-6-13-8-5-9-14(11-13)16(18)15-10-4-7-12(2)17-15/h4-5,7-11,16,18H,3,6H2,1-2H3. The topological polar surface area (TPSA) is 33.1 Å². The van der Waals surface area contributed by atoms with E-state index >= 15 is 0 Å². The summed E-state index contributed by atoms with van der Waals surface area (Å²) in [5.74, 6) is 0. The highest BCUT2D eigenvalue weighted by atomic mass is 16.3. The van der Waals surface area contributed by atoms with Gasteiger partial charge in [-0.1, -0.05) is 43.7 Å². The highest BCUT2D eigenvalue weighted by Gasteiger charge is 2.12. The zero-order valence-electron chi connectivity index (χ0n) is 10.9. The second kappa shape index (κ2) is 5.78. The number of aliphatic hydroxyl groups is 1. The largest absolute Gasteiger partial charge is 0.382 e. The van der Waals surface area contributed by atoms with Gasteiger partial charge in [-0.05, 0) is 36.6 Å². The monoisotopic (exact) mass is 241 g/mol. The van der Waals surface area contributed by atoms with Crippen molar-refractivity contribution in [3.05, 3.63) is 65.0 Å². The number of nitrogens with zero attached hydrogens (tertiary/aromatic N) is 1. The molecule has 1 aromatic carbocycles. The van der Waals surface area contributed by atoms with E-state index in [1.807, 2.05) is 37.3 Å². The molecule has 1 heterocycles. The first kappa shape index (κ1) is 12.8. The van der Waals surface area contributed by atoms with Crippen LogP contribution >= 0.6 is 0 Å². The van der Waals surface area contributed by atoms with Gasteiger partial charge >= 0.3 is 0 Å². The van der Waals surface area contributed by atoms with Crippen molar-refractivity contribution < 1.29 is 5.11 Å². The molecule has 0 fully saturated rings. The van der Waals surface area contributed by atoms with Crippen LogP contribution in [0, 0.1) is 6.92 Å². The van der Waals surface area contributed by atoms with E-state index in [1.165, 1.54) is 5.56 Å². The molecule has 0 aliphatic heterocycles. The van der Waals surface area contributed by atoms with E-state index in [1.54, 1.807) is 0 Å². The number of rotatable bonds is 4. The molecule has 0 aliphatic rings. The number of benzene rings is 1. The van der Waals surface area contributed by atoms with E-state index in [0.717, 1.165) is 24.1 Å². The van der Waals surface area contributed by atoms with Gasteiger partial charge in [-0.15, -0.1) is 0 Å². The molecule has 0 amide bonds. The van der Waals surface area contributed by atoms with Crippen molar-refractivity contribution in [2.45, 2.75) is 32.8 Å². The molecule has 0 bridgehead atoms. The average Bonchev–Trinajstić information content (AvgIpc) is 2.39. The van der Waals surface area contributed by atoms with Gasteiger partial charge in [0.1, 0.15) is 6.10 Å². The first-order valence-electron chi connectivity index (χ1n) is 6.41. The Hall–Kier alpha value is -1.67. The molecule has 94 valence electrons. The first-order valence-corrected chi connectivity index (χ1v) is 6.41. The van der Waals surface area contributed by atoms with Crippen molar-refractivity contribution in [3.63, 3.8) is 0 Å². The lowest BCUT2D eigenvalue weighted by Crippen LogP contribution is -2.03. The fourth-order valence-electron chi connectivity index (χ4n) is 2.09. The van der Waals surface area contributed by atoms with Crippen molar-refractivity contribution in [1.29, 1.82) is 0 Å². The third kappa shape index (κ3) is 2.96. The minimum Gasteiger partial charge on any atom is -0.382 e. The van der Waals surface area contributed by atoms with Gasteiger partial charge < -0.3 is 5.11 Å². The fraction of sp³-hybridized carbons (Fsp3) is 0.312. The van der Waals surface area contributed by atoms with Crippen LogP contribution in [0.25, 0.3) is 0 Å². The Balaban J connectivity index is 2.27. The SMILES string of the molecule is CCCc1cccc(C(O)c2cccc(C)n2)c1. The number of hydrogen-bond donors (Lipinski definition) is 1. The molecule has 1 N–H and O–H groups in total. The summed E-state index contributed by atoms with van der Waals surface area (Å²) in [4.78, 5) is 4.38. The Morgan fingerprint density at radius 3 is 2.67 bits per heavy atom. The van der Waals surface area contributed by atoms with E-state index in [-0.39, 0.29) is 0 Å². The third-order valence-electron chi connectivity index (χ3n) is 3.00. The highest BCUT2D eigenvalue weighted by molar-refractivity contribution is 5.30. The minimum absolute atomic E-state index is 0.637. The molecule has 0 aliphatic carbocycles. The summed E-state index contributed by atoms with van der Waals surface area (Å²) in [5.41, 5.74) is 3.82. The highest BCUT2D eigenvalue weighted by Crippen LogP contribution is 2.21. The van der Waals surface area contributed by atoms with Gasteiger partial charge in [0.2, 0.25) is 0 Å². The van der Waals surface area contributed by atoms with Gasteiger partial charge in [0.15, 0.2) is 0 Å². The van der Waals surface area contributed by atoms with Crippen molar-refractivity contribution in [3.8, 4) is 0 Å². The molecule has 18 heavy (non-hydrogen) atoms. The van der Waals surface area contributed by atoms with Gasteiger partial charge in [-0.2, -0.15) is 0 Å². The summed E-state index contributed by atoms with van der Waals surface area (Å²) in [6.07, 6.45) is 1.52. The number of aromatic nitrogens is 1. The first-order chi connectivity index (χ1) is 8.70. The van der Waals surface area contributed by atoms with E-state index < -0.39 is 6.10 Å². The van der Waals surface area contributed by atoms with Crippen LogP contribution in [0.4, 0.5) is 0 Å².